The highest BCUT2D eigenvalue weighted by atomic mass is 79.9. The van der Waals surface area contributed by atoms with Crippen molar-refractivity contribution in [3.8, 4) is 0 Å². The zero-order valence-electron chi connectivity index (χ0n) is 10.7. The van der Waals surface area contributed by atoms with Crippen LogP contribution in [0.15, 0.2) is 46.9 Å². The summed E-state index contributed by atoms with van der Waals surface area (Å²) in [5.74, 6) is 0.569. The summed E-state index contributed by atoms with van der Waals surface area (Å²) < 4.78 is 13.7. The Morgan fingerprint density at radius 1 is 1.16 bits per heavy atom. The maximum atomic E-state index is 13.2. The summed E-state index contributed by atoms with van der Waals surface area (Å²) in [6, 6.07) is 13.5. The van der Waals surface area contributed by atoms with Crippen molar-refractivity contribution in [1.82, 2.24) is 0 Å². The molecule has 0 bridgehead atoms. The highest BCUT2D eigenvalue weighted by Gasteiger charge is 2.12. The highest BCUT2D eigenvalue weighted by molar-refractivity contribution is 9.10. The van der Waals surface area contributed by atoms with Crippen LogP contribution in [0.1, 0.15) is 22.6 Å². The Morgan fingerprint density at radius 2 is 1.84 bits per heavy atom. The van der Waals surface area contributed by atoms with Crippen LogP contribution in [-0.2, 0) is 6.42 Å². The normalized spacial score (nSPS) is 12.4. The quantitative estimate of drug-likeness (QED) is 0.648. The summed E-state index contributed by atoms with van der Waals surface area (Å²) in [6.45, 7) is 2.07. The van der Waals surface area contributed by atoms with Crippen molar-refractivity contribution in [3.05, 3.63) is 69.4 Å². The second kappa shape index (κ2) is 6.53. The Morgan fingerprint density at radius 3 is 2.42 bits per heavy atom. The lowest BCUT2D eigenvalue weighted by Gasteiger charge is -2.15. The van der Waals surface area contributed by atoms with E-state index in [0.717, 1.165) is 12.0 Å². The first-order chi connectivity index (χ1) is 9.10. The molecule has 0 heterocycles. The van der Waals surface area contributed by atoms with Crippen LogP contribution in [0.3, 0.4) is 0 Å². The Labute approximate surface area is 126 Å². The molecule has 3 heteroatoms. The molecule has 0 fully saturated rings. The molecule has 0 aromatic heterocycles. The van der Waals surface area contributed by atoms with E-state index in [1.54, 1.807) is 0 Å². The molecule has 0 aliphatic rings. The van der Waals surface area contributed by atoms with Crippen molar-refractivity contribution < 1.29 is 4.39 Å². The van der Waals surface area contributed by atoms with Crippen molar-refractivity contribution in [1.29, 1.82) is 0 Å². The number of benzene rings is 2. The molecule has 19 heavy (non-hydrogen) atoms. The molecule has 0 radical (unpaired) electrons. The molecule has 0 aliphatic carbocycles. The van der Waals surface area contributed by atoms with Crippen LogP contribution in [0.5, 0.6) is 0 Å². The van der Waals surface area contributed by atoms with Gasteiger partial charge in [-0.2, -0.15) is 0 Å². The van der Waals surface area contributed by atoms with E-state index in [1.807, 2.05) is 12.1 Å². The van der Waals surface area contributed by atoms with Gasteiger partial charge in [0.15, 0.2) is 0 Å². The fraction of sp³-hybridized carbons (Fsp3) is 0.250. The van der Waals surface area contributed by atoms with Gasteiger partial charge in [-0.1, -0.05) is 35.9 Å². The fourth-order valence-electron chi connectivity index (χ4n) is 2.05. The van der Waals surface area contributed by atoms with Crippen LogP contribution in [0.4, 0.5) is 4.39 Å². The number of rotatable bonds is 4. The summed E-state index contributed by atoms with van der Waals surface area (Å²) in [4.78, 5) is 0. The van der Waals surface area contributed by atoms with Crippen molar-refractivity contribution in [3.63, 3.8) is 0 Å². The lowest BCUT2D eigenvalue weighted by molar-refractivity contribution is 0.619. The molecule has 1 unspecified atom stereocenters. The van der Waals surface area contributed by atoms with Crippen LogP contribution >= 0.6 is 27.5 Å². The SMILES string of the molecule is Cc1ccc(C(CCl)Cc2ccc(F)c(Br)c2)cc1. The minimum absolute atomic E-state index is 0.235. The van der Waals surface area contributed by atoms with E-state index in [4.69, 9.17) is 11.6 Å². The van der Waals surface area contributed by atoms with Gasteiger partial charge in [0.25, 0.3) is 0 Å². The molecule has 100 valence electrons. The number of alkyl halides is 1. The zero-order chi connectivity index (χ0) is 13.8. The second-order valence-electron chi connectivity index (χ2n) is 4.71. The predicted molar refractivity (Wildman–Crippen MR) is 82.4 cm³/mol. The molecule has 1 atom stereocenters. The number of hydrogen-bond donors (Lipinski definition) is 0. The standard InChI is InChI=1S/C16H15BrClF/c1-11-2-5-13(6-3-11)14(10-18)8-12-4-7-16(19)15(17)9-12/h2-7,9,14H,8,10H2,1H3. The van der Waals surface area contributed by atoms with Crippen molar-refractivity contribution in [2.24, 2.45) is 0 Å². The van der Waals surface area contributed by atoms with Gasteiger partial charge in [0.2, 0.25) is 0 Å². The van der Waals surface area contributed by atoms with Gasteiger partial charge in [-0.25, -0.2) is 4.39 Å². The monoisotopic (exact) mass is 340 g/mol. The van der Waals surface area contributed by atoms with Crippen LogP contribution in [0.25, 0.3) is 0 Å². The molecule has 2 rings (SSSR count). The van der Waals surface area contributed by atoms with E-state index in [2.05, 4.69) is 47.1 Å². The molecular weight excluding hydrogens is 327 g/mol. The van der Waals surface area contributed by atoms with Crippen LogP contribution < -0.4 is 0 Å². The number of hydrogen-bond acceptors (Lipinski definition) is 0. The molecule has 2 aromatic carbocycles. The molecular formula is C16H15BrClF. The first kappa shape index (κ1) is 14.5. The minimum Gasteiger partial charge on any atom is -0.206 e. The summed E-state index contributed by atoms with van der Waals surface area (Å²) in [5.41, 5.74) is 3.54. The van der Waals surface area contributed by atoms with Crippen molar-refractivity contribution >= 4 is 27.5 Å². The lowest BCUT2D eigenvalue weighted by Crippen LogP contribution is -2.05. The largest absolute Gasteiger partial charge is 0.206 e. The topological polar surface area (TPSA) is 0 Å². The Kier molecular flexibility index (Phi) is 5.00. The number of halogens is 3. The summed E-state index contributed by atoms with van der Waals surface area (Å²) in [5, 5.41) is 0. The van der Waals surface area contributed by atoms with Crippen molar-refractivity contribution in [2.45, 2.75) is 19.3 Å². The van der Waals surface area contributed by atoms with Gasteiger partial charge in [0.05, 0.1) is 4.47 Å². The summed E-state index contributed by atoms with van der Waals surface area (Å²) >= 11 is 9.29. The first-order valence-corrected chi connectivity index (χ1v) is 7.49. The van der Waals surface area contributed by atoms with E-state index in [-0.39, 0.29) is 11.7 Å². The predicted octanol–water partition coefficient (Wildman–Crippen LogP) is 5.46. The van der Waals surface area contributed by atoms with E-state index >= 15 is 0 Å². The smallest absolute Gasteiger partial charge is 0.137 e. The molecule has 0 saturated heterocycles. The average Bonchev–Trinajstić information content (AvgIpc) is 2.41. The van der Waals surface area contributed by atoms with Crippen molar-refractivity contribution in [2.75, 3.05) is 5.88 Å². The average molecular weight is 342 g/mol. The molecule has 0 N–H and O–H groups in total. The van der Waals surface area contributed by atoms with E-state index < -0.39 is 0 Å². The molecule has 2 aromatic rings. The van der Waals surface area contributed by atoms with Gasteiger partial charge >= 0.3 is 0 Å². The molecule has 0 amide bonds. The van der Waals surface area contributed by atoms with Crippen LogP contribution in [0.2, 0.25) is 0 Å². The lowest BCUT2D eigenvalue weighted by atomic mass is 9.93. The van der Waals surface area contributed by atoms with E-state index in [9.17, 15) is 4.39 Å². The van der Waals surface area contributed by atoms with Gasteiger partial charge in [-0.05, 0) is 52.5 Å². The van der Waals surface area contributed by atoms with Gasteiger partial charge < -0.3 is 0 Å². The van der Waals surface area contributed by atoms with Gasteiger partial charge in [-0.15, -0.1) is 11.6 Å². The second-order valence-corrected chi connectivity index (χ2v) is 5.88. The maximum Gasteiger partial charge on any atom is 0.137 e. The van der Waals surface area contributed by atoms with E-state index in [0.29, 0.717) is 10.4 Å². The summed E-state index contributed by atoms with van der Waals surface area (Å²) in [7, 11) is 0. The Hall–Kier alpha value is -0.860. The van der Waals surface area contributed by atoms with Gasteiger partial charge in [0, 0.05) is 11.8 Å². The third-order valence-corrected chi connectivity index (χ3v) is 4.18. The highest BCUT2D eigenvalue weighted by Crippen LogP contribution is 2.25. The third kappa shape index (κ3) is 3.80. The molecule has 0 nitrogen and oxygen atoms in total. The Bertz CT molecular complexity index is 551. The van der Waals surface area contributed by atoms with E-state index in [1.165, 1.54) is 17.2 Å². The fourth-order valence-corrected chi connectivity index (χ4v) is 2.76. The van der Waals surface area contributed by atoms with Gasteiger partial charge in [-0.3, -0.25) is 0 Å². The molecule has 0 aliphatic heterocycles. The Balaban J connectivity index is 2.18. The van der Waals surface area contributed by atoms with Crippen LogP contribution in [-0.4, -0.2) is 5.88 Å². The summed E-state index contributed by atoms with van der Waals surface area (Å²) in [6.07, 6.45) is 0.811. The first-order valence-electron chi connectivity index (χ1n) is 6.16. The van der Waals surface area contributed by atoms with Gasteiger partial charge in [0.1, 0.15) is 5.82 Å². The van der Waals surface area contributed by atoms with Crippen LogP contribution in [0, 0.1) is 12.7 Å². The number of aryl methyl sites for hydroxylation is 1. The maximum absolute atomic E-state index is 13.2. The molecule has 0 saturated carbocycles. The molecule has 0 spiro atoms. The zero-order valence-corrected chi connectivity index (χ0v) is 13.0. The minimum atomic E-state index is -0.235. The third-order valence-electron chi connectivity index (χ3n) is 3.20.